The van der Waals surface area contributed by atoms with Gasteiger partial charge in [-0.25, -0.2) is 4.79 Å². The molecule has 132 valence electrons. The predicted molar refractivity (Wildman–Crippen MR) is 96.1 cm³/mol. The Labute approximate surface area is 144 Å². The Morgan fingerprint density at radius 1 is 1.21 bits per heavy atom. The summed E-state index contributed by atoms with van der Waals surface area (Å²) in [5, 5.41) is 9.49. The highest BCUT2D eigenvalue weighted by molar-refractivity contribution is 5.74. The molecule has 3 rings (SSSR count). The SMILES string of the molecule is CCCNc1ccc(CNC(=O)N[C@@H]2CCC[C@H]3OCC[C@@H]23)cc1. The van der Waals surface area contributed by atoms with Crippen molar-refractivity contribution in [2.75, 3.05) is 18.5 Å². The average molecular weight is 331 g/mol. The Kier molecular flexibility index (Phi) is 5.96. The fourth-order valence-corrected chi connectivity index (χ4v) is 3.77. The Morgan fingerprint density at radius 3 is 2.83 bits per heavy atom. The van der Waals surface area contributed by atoms with Crippen LogP contribution in [0.15, 0.2) is 24.3 Å². The molecule has 5 nitrogen and oxygen atoms in total. The van der Waals surface area contributed by atoms with Crippen LogP contribution >= 0.6 is 0 Å². The number of hydrogen-bond donors (Lipinski definition) is 3. The van der Waals surface area contributed by atoms with Crippen molar-refractivity contribution >= 4 is 11.7 Å². The molecular formula is C19H29N3O2. The van der Waals surface area contributed by atoms with Crippen LogP contribution in [0.5, 0.6) is 0 Å². The lowest BCUT2D eigenvalue weighted by atomic mass is 9.82. The zero-order valence-electron chi connectivity index (χ0n) is 14.5. The van der Waals surface area contributed by atoms with E-state index in [1.807, 2.05) is 0 Å². The highest BCUT2D eigenvalue weighted by Crippen LogP contribution is 2.34. The minimum Gasteiger partial charge on any atom is -0.385 e. The van der Waals surface area contributed by atoms with Crippen LogP contribution in [0.4, 0.5) is 10.5 Å². The van der Waals surface area contributed by atoms with Gasteiger partial charge in [0, 0.05) is 37.3 Å². The molecule has 1 aromatic carbocycles. The number of urea groups is 1. The van der Waals surface area contributed by atoms with Crippen LogP contribution in [-0.2, 0) is 11.3 Å². The number of hydrogen-bond acceptors (Lipinski definition) is 3. The van der Waals surface area contributed by atoms with E-state index in [1.165, 1.54) is 0 Å². The fraction of sp³-hybridized carbons (Fsp3) is 0.632. The first-order chi connectivity index (χ1) is 11.8. The van der Waals surface area contributed by atoms with E-state index in [1.54, 1.807) is 0 Å². The van der Waals surface area contributed by atoms with Gasteiger partial charge in [0.05, 0.1) is 6.10 Å². The van der Waals surface area contributed by atoms with Crippen molar-refractivity contribution in [3.63, 3.8) is 0 Å². The fourth-order valence-electron chi connectivity index (χ4n) is 3.77. The normalized spacial score (nSPS) is 25.8. The van der Waals surface area contributed by atoms with Gasteiger partial charge >= 0.3 is 6.03 Å². The first-order valence-corrected chi connectivity index (χ1v) is 9.25. The van der Waals surface area contributed by atoms with Crippen molar-refractivity contribution in [1.29, 1.82) is 0 Å². The quantitative estimate of drug-likeness (QED) is 0.750. The van der Waals surface area contributed by atoms with E-state index in [0.29, 0.717) is 18.6 Å². The molecule has 0 spiro atoms. The molecule has 3 N–H and O–H groups in total. The Morgan fingerprint density at radius 2 is 2.04 bits per heavy atom. The predicted octanol–water partition coefficient (Wildman–Crippen LogP) is 3.27. The number of nitrogens with one attached hydrogen (secondary N) is 3. The number of ether oxygens (including phenoxy) is 1. The van der Waals surface area contributed by atoms with Crippen LogP contribution in [0.25, 0.3) is 0 Å². The first-order valence-electron chi connectivity index (χ1n) is 9.25. The highest BCUT2D eigenvalue weighted by atomic mass is 16.5. The zero-order valence-corrected chi connectivity index (χ0v) is 14.5. The molecule has 1 aliphatic heterocycles. The maximum atomic E-state index is 12.2. The van der Waals surface area contributed by atoms with Crippen LogP contribution in [0.2, 0.25) is 0 Å². The maximum Gasteiger partial charge on any atom is 0.315 e. The summed E-state index contributed by atoms with van der Waals surface area (Å²) in [5.74, 6) is 0.494. The molecule has 0 radical (unpaired) electrons. The lowest BCUT2D eigenvalue weighted by molar-refractivity contribution is 0.0549. The van der Waals surface area contributed by atoms with E-state index in [-0.39, 0.29) is 12.1 Å². The van der Waals surface area contributed by atoms with E-state index >= 15 is 0 Å². The van der Waals surface area contributed by atoms with E-state index in [9.17, 15) is 4.79 Å². The number of amides is 2. The third-order valence-electron chi connectivity index (χ3n) is 5.08. The van der Waals surface area contributed by atoms with Crippen LogP contribution in [0.1, 0.15) is 44.6 Å². The molecule has 0 bridgehead atoms. The van der Waals surface area contributed by atoms with Gasteiger partial charge in [0.25, 0.3) is 0 Å². The Balaban J connectivity index is 1.43. The molecule has 1 saturated heterocycles. The largest absolute Gasteiger partial charge is 0.385 e. The molecule has 3 atom stereocenters. The zero-order chi connectivity index (χ0) is 16.8. The van der Waals surface area contributed by atoms with Crippen molar-refractivity contribution < 1.29 is 9.53 Å². The van der Waals surface area contributed by atoms with Gasteiger partial charge in [0.1, 0.15) is 0 Å². The van der Waals surface area contributed by atoms with Crippen LogP contribution < -0.4 is 16.0 Å². The third-order valence-corrected chi connectivity index (χ3v) is 5.08. The second-order valence-corrected chi connectivity index (χ2v) is 6.85. The Bertz CT molecular complexity index is 532. The molecule has 2 aliphatic rings. The molecule has 0 aromatic heterocycles. The van der Waals surface area contributed by atoms with Crippen molar-refractivity contribution in [3.05, 3.63) is 29.8 Å². The summed E-state index contributed by atoms with van der Waals surface area (Å²) >= 11 is 0. The average Bonchev–Trinajstić information content (AvgIpc) is 3.09. The smallest absolute Gasteiger partial charge is 0.315 e. The summed E-state index contributed by atoms with van der Waals surface area (Å²) in [7, 11) is 0. The molecule has 5 heteroatoms. The van der Waals surface area contributed by atoms with Gasteiger partial charge in [-0.2, -0.15) is 0 Å². The number of carbonyl (C=O) groups is 1. The maximum absolute atomic E-state index is 12.2. The van der Waals surface area contributed by atoms with Crippen molar-refractivity contribution in [2.45, 2.75) is 57.7 Å². The molecule has 2 fully saturated rings. The molecule has 1 aromatic rings. The van der Waals surface area contributed by atoms with Gasteiger partial charge in [-0.1, -0.05) is 19.1 Å². The highest BCUT2D eigenvalue weighted by Gasteiger charge is 2.38. The lowest BCUT2D eigenvalue weighted by Crippen LogP contribution is -2.49. The lowest BCUT2D eigenvalue weighted by Gasteiger charge is -2.33. The summed E-state index contributed by atoms with van der Waals surface area (Å²) < 4.78 is 5.76. The van der Waals surface area contributed by atoms with Crippen molar-refractivity contribution in [3.8, 4) is 0 Å². The second-order valence-electron chi connectivity index (χ2n) is 6.85. The van der Waals surface area contributed by atoms with E-state index in [0.717, 1.165) is 56.5 Å². The molecule has 0 unspecified atom stereocenters. The van der Waals surface area contributed by atoms with Gasteiger partial charge in [-0.15, -0.1) is 0 Å². The number of carbonyl (C=O) groups excluding carboxylic acids is 1. The van der Waals surface area contributed by atoms with Gasteiger partial charge < -0.3 is 20.7 Å². The van der Waals surface area contributed by atoms with Crippen LogP contribution in [0.3, 0.4) is 0 Å². The Hall–Kier alpha value is -1.75. The molecule has 24 heavy (non-hydrogen) atoms. The molecular weight excluding hydrogens is 302 g/mol. The van der Waals surface area contributed by atoms with E-state index in [2.05, 4.69) is 47.1 Å². The second kappa shape index (κ2) is 8.38. The van der Waals surface area contributed by atoms with Crippen LogP contribution in [-0.4, -0.2) is 31.3 Å². The summed E-state index contributed by atoms with van der Waals surface area (Å²) in [6.07, 6.45) is 5.88. The van der Waals surface area contributed by atoms with Crippen molar-refractivity contribution in [1.82, 2.24) is 10.6 Å². The van der Waals surface area contributed by atoms with Gasteiger partial charge in [-0.3, -0.25) is 0 Å². The first kappa shape index (κ1) is 17.1. The number of rotatable bonds is 6. The summed E-state index contributed by atoms with van der Waals surface area (Å²) in [4.78, 5) is 12.2. The number of fused-ring (bicyclic) bond motifs is 1. The molecule has 1 saturated carbocycles. The van der Waals surface area contributed by atoms with Gasteiger partial charge in [0.15, 0.2) is 0 Å². The van der Waals surface area contributed by atoms with Gasteiger partial charge in [-0.05, 0) is 49.8 Å². The van der Waals surface area contributed by atoms with E-state index in [4.69, 9.17) is 4.74 Å². The van der Waals surface area contributed by atoms with Crippen molar-refractivity contribution in [2.24, 2.45) is 5.92 Å². The number of benzene rings is 1. The standard InChI is InChI=1S/C19H29N3O2/c1-2-11-20-15-8-6-14(7-9-15)13-21-19(23)22-17-4-3-5-18-16(17)10-12-24-18/h6-9,16-18,20H,2-5,10-13H2,1H3,(H2,21,22,23)/t16-,17+,18+/m0/s1. The number of anilines is 1. The summed E-state index contributed by atoms with van der Waals surface area (Å²) in [6.45, 7) is 4.52. The minimum atomic E-state index is -0.0688. The summed E-state index contributed by atoms with van der Waals surface area (Å²) in [6, 6.07) is 8.42. The monoisotopic (exact) mass is 331 g/mol. The van der Waals surface area contributed by atoms with Gasteiger partial charge in [0.2, 0.25) is 0 Å². The van der Waals surface area contributed by atoms with E-state index < -0.39 is 0 Å². The topological polar surface area (TPSA) is 62.4 Å². The summed E-state index contributed by atoms with van der Waals surface area (Å²) in [5.41, 5.74) is 2.23. The molecule has 2 amide bonds. The van der Waals surface area contributed by atoms with Crippen LogP contribution in [0, 0.1) is 5.92 Å². The molecule has 1 heterocycles. The third kappa shape index (κ3) is 4.41. The minimum absolute atomic E-state index is 0.0688. The molecule has 1 aliphatic carbocycles.